The van der Waals surface area contributed by atoms with E-state index in [2.05, 4.69) is 11.6 Å². The molecule has 1 saturated heterocycles. The van der Waals surface area contributed by atoms with Crippen LogP contribution in [-0.2, 0) is 9.59 Å². The Kier molecular flexibility index (Phi) is 6.18. The lowest BCUT2D eigenvalue weighted by molar-refractivity contribution is -0.384. The number of nitrogens with zero attached hydrogens (tertiary/aromatic N) is 3. The van der Waals surface area contributed by atoms with Crippen molar-refractivity contribution in [1.29, 1.82) is 0 Å². The molecule has 3 aromatic rings. The van der Waals surface area contributed by atoms with Gasteiger partial charge in [-0.15, -0.1) is 0 Å². The fraction of sp³-hybridized carbons (Fsp3) is 0.0800. The number of carbonyl (C=O) groups is 2. The first-order valence-electron chi connectivity index (χ1n) is 10.2. The Labute approximate surface area is 194 Å². The fourth-order valence-corrected chi connectivity index (χ4v) is 3.71. The number of aliphatic hydroxyl groups excluding tert-OH is 1. The van der Waals surface area contributed by atoms with Crippen LogP contribution in [0.5, 0.6) is 5.75 Å². The van der Waals surface area contributed by atoms with Crippen molar-refractivity contribution in [1.82, 2.24) is 4.98 Å². The molecule has 1 N–H and O–H groups in total. The highest BCUT2D eigenvalue weighted by Crippen LogP contribution is 2.42. The van der Waals surface area contributed by atoms with Crippen molar-refractivity contribution in [3.8, 4) is 5.75 Å². The monoisotopic (exact) mass is 457 g/mol. The molecule has 34 heavy (non-hydrogen) atoms. The minimum atomic E-state index is -1.12. The summed E-state index contributed by atoms with van der Waals surface area (Å²) in [5.41, 5.74) is 0.149. The van der Waals surface area contributed by atoms with E-state index >= 15 is 0 Å². The minimum Gasteiger partial charge on any atom is -0.507 e. The Bertz CT molecular complexity index is 1300. The van der Waals surface area contributed by atoms with Crippen molar-refractivity contribution in [2.45, 2.75) is 6.04 Å². The van der Waals surface area contributed by atoms with Gasteiger partial charge in [0.05, 0.1) is 16.5 Å². The number of non-ortho nitro benzene ring substituents is 1. The van der Waals surface area contributed by atoms with Gasteiger partial charge in [0.1, 0.15) is 23.9 Å². The second-order valence-corrected chi connectivity index (χ2v) is 7.33. The third-order valence-corrected chi connectivity index (χ3v) is 5.23. The molecular weight excluding hydrogens is 438 g/mol. The Hall–Kier alpha value is -4.79. The Morgan fingerprint density at radius 2 is 1.91 bits per heavy atom. The number of ketones is 1. The van der Waals surface area contributed by atoms with E-state index < -0.39 is 28.4 Å². The predicted molar refractivity (Wildman–Crippen MR) is 124 cm³/mol. The lowest BCUT2D eigenvalue weighted by Crippen LogP contribution is -2.30. The number of anilines is 1. The van der Waals surface area contributed by atoms with E-state index in [1.54, 1.807) is 54.6 Å². The number of aliphatic hydroxyl groups is 1. The van der Waals surface area contributed by atoms with Gasteiger partial charge < -0.3 is 9.84 Å². The number of benzene rings is 2. The van der Waals surface area contributed by atoms with E-state index in [0.29, 0.717) is 12.4 Å². The molecule has 9 heteroatoms. The van der Waals surface area contributed by atoms with Crippen LogP contribution in [0.25, 0.3) is 5.76 Å². The van der Waals surface area contributed by atoms with E-state index in [1.165, 1.54) is 24.4 Å². The molecule has 1 atom stereocenters. The van der Waals surface area contributed by atoms with Crippen LogP contribution in [0.15, 0.2) is 91.2 Å². The molecule has 1 aliphatic heterocycles. The van der Waals surface area contributed by atoms with Crippen LogP contribution >= 0.6 is 0 Å². The van der Waals surface area contributed by atoms with Crippen LogP contribution in [0.3, 0.4) is 0 Å². The van der Waals surface area contributed by atoms with Crippen molar-refractivity contribution in [3.05, 3.63) is 112 Å². The first-order valence-corrected chi connectivity index (χ1v) is 10.2. The average Bonchev–Trinajstić information content (AvgIpc) is 3.13. The first-order chi connectivity index (χ1) is 16.4. The number of nitro groups is 1. The number of carbonyl (C=O) groups excluding carboxylic acids is 2. The summed E-state index contributed by atoms with van der Waals surface area (Å²) >= 11 is 0. The lowest BCUT2D eigenvalue weighted by atomic mass is 9.95. The van der Waals surface area contributed by atoms with Gasteiger partial charge in [0.15, 0.2) is 0 Å². The van der Waals surface area contributed by atoms with E-state index in [9.17, 15) is 24.8 Å². The van der Waals surface area contributed by atoms with Crippen LogP contribution in [0.1, 0.15) is 17.2 Å². The number of aromatic nitrogens is 1. The molecule has 1 fully saturated rings. The van der Waals surface area contributed by atoms with E-state index in [0.717, 1.165) is 4.90 Å². The topological polar surface area (TPSA) is 123 Å². The van der Waals surface area contributed by atoms with Gasteiger partial charge in [0.25, 0.3) is 11.5 Å². The minimum absolute atomic E-state index is 0.174. The van der Waals surface area contributed by atoms with Crippen LogP contribution in [0.2, 0.25) is 0 Å². The summed E-state index contributed by atoms with van der Waals surface area (Å²) in [5, 5.41) is 22.5. The Morgan fingerprint density at radius 1 is 1.15 bits per heavy atom. The number of amides is 1. The van der Waals surface area contributed by atoms with Crippen LogP contribution in [0, 0.1) is 10.1 Å². The maximum Gasteiger partial charge on any atom is 0.301 e. The quantitative estimate of drug-likeness (QED) is 0.141. The van der Waals surface area contributed by atoms with Crippen molar-refractivity contribution in [3.63, 3.8) is 0 Å². The first kappa shape index (κ1) is 22.4. The highest BCUT2D eigenvalue weighted by Gasteiger charge is 2.47. The molecule has 9 nitrogen and oxygen atoms in total. The molecule has 1 aliphatic rings. The standard InChI is InChI=1S/C25H19N3O6/c1-2-14-34-19-11-9-16(10-12-19)23(29)21-22(17-6-5-7-18(15-17)28(32)33)27(25(31)24(21)30)20-8-3-4-13-26-20/h2-13,15,22,29H,1,14H2/t22-/m1/s1. The summed E-state index contributed by atoms with van der Waals surface area (Å²) in [4.78, 5) is 42.3. The van der Waals surface area contributed by atoms with Gasteiger partial charge in [-0.25, -0.2) is 4.98 Å². The van der Waals surface area contributed by atoms with Gasteiger partial charge in [-0.3, -0.25) is 24.6 Å². The third-order valence-electron chi connectivity index (χ3n) is 5.23. The molecule has 0 radical (unpaired) electrons. The summed E-state index contributed by atoms with van der Waals surface area (Å²) in [7, 11) is 0. The Balaban J connectivity index is 1.88. The zero-order chi connectivity index (χ0) is 24.2. The molecule has 1 aromatic heterocycles. The van der Waals surface area contributed by atoms with Gasteiger partial charge >= 0.3 is 5.91 Å². The molecule has 2 aromatic carbocycles. The van der Waals surface area contributed by atoms with Gasteiger partial charge in [0, 0.05) is 23.9 Å². The second kappa shape index (κ2) is 9.37. The normalized spacial score (nSPS) is 16.9. The zero-order valence-electron chi connectivity index (χ0n) is 17.8. The molecule has 4 rings (SSSR count). The van der Waals surface area contributed by atoms with E-state index in [-0.39, 0.29) is 28.2 Å². The van der Waals surface area contributed by atoms with Gasteiger partial charge in [-0.2, -0.15) is 0 Å². The second-order valence-electron chi connectivity index (χ2n) is 7.33. The fourth-order valence-electron chi connectivity index (χ4n) is 3.71. The molecule has 0 aliphatic carbocycles. The van der Waals surface area contributed by atoms with Crippen molar-refractivity contribution < 1.29 is 24.4 Å². The van der Waals surface area contributed by atoms with Gasteiger partial charge in [0.2, 0.25) is 0 Å². The molecule has 170 valence electrons. The zero-order valence-corrected chi connectivity index (χ0v) is 17.8. The molecule has 1 amide bonds. The summed E-state index contributed by atoms with van der Waals surface area (Å²) in [6, 6.07) is 15.6. The number of nitro benzene ring substituents is 1. The maximum absolute atomic E-state index is 13.1. The van der Waals surface area contributed by atoms with Crippen molar-refractivity contribution in [2.75, 3.05) is 11.5 Å². The number of hydrogen-bond acceptors (Lipinski definition) is 7. The summed E-state index contributed by atoms with van der Waals surface area (Å²) < 4.78 is 5.44. The smallest absolute Gasteiger partial charge is 0.301 e. The SMILES string of the molecule is C=CCOc1ccc(C(O)=C2C(=O)C(=O)N(c3ccccn3)[C@@H]2c2cccc([N+](=O)[O-])c2)cc1. The number of hydrogen-bond donors (Lipinski definition) is 1. The number of rotatable bonds is 7. The van der Waals surface area contributed by atoms with Crippen LogP contribution in [0.4, 0.5) is 11.5 Å². The number of pyridine rings is 1. The van der Waals surface area contributed by atoms with Crippen molar-refractivity contribution in [2.24, 2.45) is 0 Å². The van der Waals surface area contributed by atoms with E-state index in [4.69, 9.17) is 4.74 Å². The summed E-state index contributed by atoms with van der Waals surface area (Å²) in [6.45, 7) is 3.88. The maximum atomic E-state index is 13.1. The van der Waals surface area contributed by atoms with Gasteiger partial charge in [-0.05, 0) is 42.0 Å². The largest absolute Gasteiger partial charge is 0.507 e. The molecule has 2 heterocycles. The average molecular weight is 457 g/mol. The predicted octanol–water partition coefficient (Wildman–Crippen LogP) is 4.18. The van der Waals surface area contributed by atoms with Crippen LogP contribution in [-0.4, -0.2) is 33.3 Å². The number of Topliss-reactive ketones (excluding diaryl/α,β-unsaturated/α-hetero) is 1. The lowest BCUT2D eigenvalue weighted by Gasteiger charge is -2.24. The van der Waals surface area contributed by atoms with Crippen LogP contribution < -0.4 is 9.64 Å². The molecule has 0 spiro atoms. The summed E-state index contributed by atoms with van der Waals surface area (Å²) in [6.07, 6.45) is 3.05. The third kappa shape index (κ3) is 4.14. The molecule has 0 bridgehead atoms. The highest BCUT2D eigenvalue weighted by molar-refractivity contribution is 6.51. The Morgan fingerprint density at radius 3 is 2.56 bits per heavy atom. The number of ether oxygens (including phenoxy) is 1. The highest BCUT2D eigenvalue weighted by atomic mass is 16.6. The molecule has 0 saturated carbocycles. The molecule has 0 unspecified atom stereocenters. The van der Waals surface area contributed by atoms with E-state index in [1.807, 2.05) is 0 Å². The van der Waals surface area contributed by atoms with Crippen molar-refractivity contribution >= 4 is 29.0 Å². The van der Waals surface area contributed by atoms with Gasteiger partial charge in [-0.1, -0.05) is 30.9 Å². The summed E-state index contributed by atoms with van der Waals surface area (Å²) in [5.74, 6) is -1.54. The molecular formula is C25H19N3O6.